The van der Waals surface area contributed by atoms with Crippen LogP contribution in [0.2, 0.25) is 0 Å². The predicted molar refractivity (Wildman–Crippen MR) is 109 cm³/mol. The minimum Gasteiger partial charge on any atom is -0.388 e. The van der Waals surface area contributed by atoms with E-state index < -0.39 is 0 Å². The summed E-state index contributed by atoms with van der Waals surface area (Å²) in [5, 5.41) is 3.74. The number of hydrogen-bond donors (Lipinski definition) is 1. The predicted octanol–water partition coefficient (Wildman–Crippen LogP) is 3.38. The van der Waals surface area contributed by atoms with Crippen molar-refractivity contribution in [3.05, 3.63) is 58.9 Å². The lowest BCUT2D eigenvalue weighted by molar-refractivity contribution is 0.187. The molecule has 0 fully saturated rings. The first-order valence-corrected chi connectivity index (χ1v) is 8.99. The Morgan fingerprint density at radius 3 is 2.75 bits per heavy atom. The number of pyridine rings is 1. The standard InChI is InChI=1S/C21H21FN4O2/c1-23-14-5-6-15(17(22)11-14)13-4-7-18-16(10-13)20-19(12-24-18)25(2)21(27)26(20)8-9-28-3/h4-7,10-12,23H,8-9H2,1-3H3. The smallest absolute Gasteiger partial charge is 0.328 e. The second-order valence-electron chi connectivity index (χ2n) is 6.65. The average molecular weight is 380 g/mol. The quantitative estimate of drug-likeness (QED) is 0.577. The minimum atomic E-state index is -0.309. The maximum Gasteiger partial charge on any atom is 0.328 e. The Hall–Kier alpha value is -3.19. The molecule has 2 aromatic heterocycles. The Kier molecular flexibility index (Phi) is 4.60. The summed E-state index contributed by atoms with van der Waals surface area (Å²) in [6.45, 7) is 0.851. The summed E-state index contributed by atoms with van der Waals surface area (Å²) in [5.41, 5.74) is 4.08. The van der Waals surface area contributed by atoms with Crippen molar-refractivity contribution < 1.29 is 9.13 Å². The average Bonchev–Trinajstić information content (AvgIpc) is 2.96. The van der Waals surface area contributed by atoms with Gasteiger partial charge in [-0.2, -0.15) is 0 Å². The van der Waals surface area contributed by atoms with Gasteiger partial charge in [0, 0.05) is 37.8 Å². The minimum absolute atomic E-state index is 0.128. The molecule has 2 heterocycles. The van der Waals surface area contributed by atoms with Crippen LogP contribution >= 0.6 is 0 Å². The van der Waals surface area contributed by atoms with E-state index in [1.807, 2.05) is 24.3 Å². The van der Waals surface area contributed by atoms with E-state index in [4.69, 9.17) is 4.74 Å². The highest BCUT2D eigenvalue weighted by Gasteiger charge is 2.16. The number of hydrogen-bond acceptors (Lipinski definition) is 4. The number of ether oxygens (including phenoxy) is 1. The molecule has 0 saturated heterocycles. The summed E-state index contributed by atoms with van der Waals surface area (Å²) >= 11 is 0. The SMILES string of the molecule is CNc1ccc(-c2ccc3ncc4c(c3c2)n(CCOC)c(=O)n4C)c(F)c1. The van der Waals surface area contributed by atoms with Crippen molar-refractivity contribution in [2.24, 2.45) is 7.05 Å². The van der Waals surface area contributed by atoms with Crippen molar-refractivity contribution in [1.82, 2.24) is 14.1 Å². The maximum atomic E-state index is 14.6. The van der Waals surface area contributed by atoms with E-state index >= 15 is 0 Å². The fourth-order valence-corrected chi connectivity index (χ4v) is 3.54. The summed E-state index contributed by atoms with van der Waals surface area (Å²) in [6, 6.07) is 10.6. The third kappa shape index (κ3) is 2.84. The number of methoxy groups -OCH3 is 1. The summed E-state index contributed by atoms with van der Waals surface area (Å²) in [5.74, 6) is -0.309. The molecular formula is C21H21FN4O2. The van der Waals surface area contributed by atoms with Gasteiger partial charge in [0.05, 0.1) is 35.9 Å². The zero-order valence-electron chi connectivity index (χ0n) is 16.0. The van der Waals surface area contributed by atoms with Crippen LogP contribution in [-0.4, -0.2) is 34.9 Å². The highest BCUT2D eigenvalue weighted by molar-refractivity contribution is 6.04. The molecule has 0 atom stereocenters. The van der Waals surface area contributed by atoms with E-state index in [1.54, 1.807) is 42.6 Å². The topological polar surface area (TPSA) is 61.1 Å². The zero-order valence-corrected chi connectivity index (χ0v) is 16.0. The van der Waals surface area contributed by atoms with E-state index in [-0.39, 0.29) is 11.5 Å². The second kappa shape index (κ2) is 7.09. The van der Waals surface area contributed by atoms with Gasteiger partial charge >= 0.3 is 5.69 Å². The van der Waals surface area contributed by atoms with Gasteiger partial charge in [-0.15, -0.1) is 0 Å². The first-order chi connectivity index (χ1) is 13.5. The normalized spacial score (nSPS) is 11.4. The Bertz CT molecular complexity index is 1240. The fourth-order valence-electron chi connectivity index (χ4n) is 3.54. The number of anilines is 1. The van der Waals surface area contributed by atoms with Crippen LogP contribution in [0.3, 0.4) is 0 Å². The van der Waals surface area contributed by atoms with Crippen LogP contribution in [0.15, 0.2) is 47.4 Å². The van der Waals surface area contributed by atoms with Crippen molar-refractivity contribution in [2.45, 2.75) is 6.54 Å². The third-order valence-electron chi connectivity index (χ3n) is 5.06. The van der Waals surface area contributed by atoms with Crippen molar-refractivity contribution in [3.63, 3.8) is 0 Å². The molecule has 28 heavy (non-hydrogen) atoms. The molecule has 0 spiro atoms. The molecular weight excluding hydrogens is 359 g/mol. The van der Waals surface area contributed by atoms with Crippen LogP contribution in [-0.2, 0) is 18.3 Å². The number of nitrogens with zero attached hydrogens (tertiary/aromatic N) is 3. The lowest BCUT2D eigenvalue weighted by Gasteiger charge is -2.09. The van der Waals surface area contributed by atoms with Gasteiger partial charge in [0.1, 0.15) is 5.82 Å². The number of halogens is 1. The highest BCUT2D eigenvalue weighted by atomic mass is 19.1. The van der Waals surface area contributed by atoms with Crippen molar-refractivity contribution >= 4 is 27.6 Å². The van der Waals surface area contributed by atoms with E-state index in [2.05, 4.69) is 10.3 Å². The van der Waals surface area contributed by atoms with E-state index in [0.29, 0.717) is 24.4 Å². The summed E-state index contributed by atoms with van der Waals surface area (Å²) < 4.78 is 23.0. The van der Waals surface area contributed by atoms with Crippen LogP contribution in [0, 0.1) is 5.82 Å². The molecule has 0 aliphatic heterocycles. The number of fused-ring (bicyclic) bond motifs is 3. The van der Waals surface area contributed by atoms with Gasteiger partial charge in [0.2, 0.25) is 0 Å². The summed E-state index contributed by atoms with van der Waals surface area (Å²) in [7, 11) is 5.08. The summed E-state index contributed by atoms with van der Waals surface area (Å²) in [6.07, 6.45) is 1.70. The largest absolute Gasteiger partial charge is 0.388 e. The zero-order chi connectivity index (χ0) is 19.8. The lowest BCUT2D eigenvalue weighted by atomic mass is 10.0. The molecule has 4 rings (SSSR count). The molecule has 7 heteroatoms. The summed E-state index contributed by atoms with van der Waals surface area (Å²) in [4.78, 5) is 17.2. The third-order valence-corrected chi connectivity index (χ3v) is 5.06. The molecule has 2 aromatic carbocycles. The van der Waals surface area contributed by atoms with Gasteiger partial charge < -0.3 is 10.1 Å². The van der Waals surface area contributed by atoms with Gasteiger partial charge in [0.15, 0.2) is 0 Å². The molecule has 6 nitrogen and oxygen atoms in total. The molecule has 0 aliphatic carbocycles. The second-order valence-corrected chi connectivity index (χ2v) is 6.65. The number of imidazole rings is 1. The molecule has 144 valence electrons. The van der Waals surface area contributed by atoms with Gasteiger partial charge in [-0.1, -0.05) is 6.07 Å². The molecule has 0 radical (unpaired) electrons. The first kappa shape index (κ1) is 18.2. The maximum absolute atomic E-state index is 14.6. The van der Waals surface area contributed by atoms with Crippen molar-refractivity contribution in [3.8, 4) is 11.1 Å². The van der Waals surface area contributed by atoms with Crippen LogP contribution in [0.5, 0.6) is 0 Å². The Morgan fingerprint density at radius 2 is 2.04 bits per heavy atom. The molecule has 4 aromatic rings. The van der Waals surface area contributed by atoms with Crippen LogP contribution < -0.4 is 11.0 Å². The highest BCUT2D eigenvalue weighted by Crippen LogP contribution is 2.30. The van der Waals surface area contributed by atoms with Gasteiger partial charge in [-0.05, 0) is 35.9 Å². The van der Waals surface area contributed by atoms with Gasteiger partial charge in [0.25, 0.3) is 0 Å². The van der Waals surface area contributed by atoms with Crippen LogP contribution in [0.1, 0.15) is 0 Å². The molecule has 0 aliphatic rings. The Morgan fingerprint density at radius 1 is 1.21 bits per heavy atom. The lowest BCUT2D eigenvalue weighted by Crippen LogP contribution is -2.23. The Balaban J connectivity index is 1.99. The number of benzene rings is 2. The molecule has 0 amide bonds. The monoisotopic (exact) mass is 380 g/mol. The van der Waals surface area contributed by atoms with Gasteiger partial charge in [-0.3, -0.25) is 14.1 Å². The molecule has 1 N–H and O–H groups in total. The van der Waals surface area contributed by atoms with E-state index in [9.17, 15) is 9.18 Å². The van der Waals surface area contributed by atoms with Crippen LogP contribution in [0.4, 0.5) is 10.1 Å². The number of rotatable bonds is 5. The Labute approximate surface area is 161 Å². The first-order valence-electron chi connectivity index (χ1n) is 8.99. The van der Waals surface area contributed by atoms with E-state index in [0.717, 1.165) is 27.5 Å². The molecule has 0 saturated carbocycles. The molecule has 0 unspecified atom stereocenters. The number of aryl methyl sites for hydroxylation is 1. The van der Waals surface area contributed by atoms with Crippen molar-refractivity contribution in [1.29, 1.82) is 0 Å². The van der Waals surface area contributed by atoms with Gasteiger partial charge in [-0.25, -0.2) is 9.18 Å². The van der Waals surface area contributed by atoms with Crippen molar-refractivity contribution in [2.75, 3.05) is 26.1 Å². The fraction of sp³-hybridized carbons (Fsp3) is 0.238. The number of nitrogens with one attached hydrogen (secondary N) is 1. The van der Waals surface area contributed by atoms with E-state index in [1.165, 1.54) is 6.07 Å². The number of aromatic nitrogens is 3. The van der Waals surface area contributed by atoms with Crippen LogP contribution in [0.25, 0.3) is 33.1 Å². The molecule has 0 bridgehead atoms.